The predicted molar refractivity (Wildman–Crippen MR) is 110 cm³/mol. The van der Waals surface area contributed by atoms with Crippen molar-refractivity contribution in [2.45, 2.75) is 44.6 Å². The van der Waals surface area contributed by atoms with Crippen LogP contribution in [0, 0.1) is 31.4 Å². The molecule has 5 nitrogen and oxygen atoms in total. The largest absolute Gasteiger partial charge is 0.349 e. The van der Waals surface area contributed by atoms with E-state index in [-0.39, 0.29) is 35.4 Å². The van der Waals surface area contributed by atoms with Gasteiger partial charge in [0.1, 0.15) is 11.6 Å². The highest BCUT2D eigenvalue weighted by atomic mass is 32.2. The Bertz CT molecular complexity index is 1050. The number of hydrogen-bond acceptors (Lipinski definition) is 3. The lowest BCUT2D eigenvalue weighted by molar-refractivity contribution is -0.126. The Hall–Kier alpha value is -2.32. The molecule has 3 rings (SSSR count). The average molecular weight is 437 g/mol. The molecule has 8 heteroatoms. The number of amides is 1. The highest BCUT2D eigenvalue weighted by molar-refractivity contribution is 7.89. The van der Waals surface area contributed by atoms with E-state index in [1.807, 2.05) is 13.0 Å². The lowest BCUT2D eigenvalue weighted by atomic mass is 9.96. The van der Waals surface area contributed by atoms with E-state index in [2.05, 4.69) is 5.32 Å². The van der Waals surface area contributed by atoms with Crippen molar-refractivity contribution in [2.75, 3.05) is 13.1 Å². The van der Waals surface area contributed by atoms with Crippen molar-refractivity contribution < 1.29 is 22.0 Å². The monoisotopic (exact) mass is 436 g/mol. The fourth-order valence-electron chi connectivity index (χ4n) is 3.84. The SMILES string of the molecule is Cc1ccc(S(=O)(=O)N2CCC(C(=O)NC(C)c3cc(F)ccc3F)CC2)c(C)c1. The van der Waals surface area contributed by atoms with Crippen molar-refractivity contribution >= 4 is 15.9 Å². The average Bonchev–Trinajstić information content (AvgIpc) is 2.69. The van der Waals surface area contributed by atoms with Gasteiger partial charge in [-0.05, 0) is 63.4 Å². The maximum atomic E-state index is 13.9. The molecule has 162 valence electrons. The van der Waals surface area contributed by atoms with E-state index in [0.717, 1.165) is 23.8 Å². The highest BCUT2D eigenvalue weighted by Gasteiger charge is 2.33. The van der Waals surface area contributed by atoms with Crippen molar-refractivity contribution in [3.05, 3.63) is 64.7 Å². The van der Waals surface area contributed by atoms with Crippen molar-refractivity contribution in [1.29, 1.82) is 0 Å². The minimum atomic E-state index is -3.62. The molecule has 30 heavy (non-hydrogen) atoms. The van der Waals surface area contributed by atoms with Gasteiger partial charge >= 0.3 is 0 Å². The van der Waals surface area contributed by atoms with Crippen molar-refractivity contribution in [3.8, 4) is 0 Å². The summed E-state index contributed by atoms with van der Waals surface area (Å²) in [6, 6.07) is 7.66. The van der Waals surface area contributed by atoms with Crippen LogP contribution >= 0.6 is 0 Å². The molecule has 1 atom stereocenters. The minimum Gasteiger partial charge on any atom is -0.349 e. The molecule has 0 bridgehead atoms. The van der Waals surface area contributed by atoms with Gasteiger partial charge in [-0.2, -0.15) is 4.31 Å². The van der Waals surface area contributed by atoms with Gasteiger partial charge in [0.05, 0.1) is 10.9 Å². The van der Waals surface area contributed by atoms with Crippen LogP contribution in [0.25, 0.3) is 0 Å². The summed E-state index contributed by atoms with van der Waals surface area (Å²) in [4.78, 5) is 12.9. The molecule has 1 amide bonds. The van der Waals surface area contributed by atoms with Gasteiger partial charge in [-0.1, -0.05) is 17.7 Å². The summed E-state index contributed by atoms with van der Waals surface area (Å²) in [6.45, 7) is 5.74. The molecule has 0 aromatic heterocycles. The number of carbonyl (C=O) groups is 1. The smallest absolute Gasteiger partial charge is 0.243 e. The van der Waals surface area contributed by atoms with Crippen LogP contribution in [-0.4, -0.2) is 31.7 Å². The van der Waals surface area contributed by atoms with E-state index in [1.165, 1.54) is 4.31 Å². The quantitative estimate of drug-likeness (QED) is 0.774. The predicted octanol–water partition coefficient (Wildman–Crippen LogP) is 3.86. The topological polar surface area (TPSA) is 66.5 Å². The third-order valence-corrected chi connectivity index (χ3v) is 7.62. The fraction of sp³-hybridized carbons (Fsp3) is 0.409. The number of carbonyl (C=O) groups excluding carboxylic acids is 1. The van der Waals surface area contributed by atoms with Gasteiger partial charge in [-0.25, -0.2) is 17.2 Å². The number of halogens is 2. The molecule has 1 saturated heterocycles. The molecule has 1 unspecified atom stereocenters. The zero-order valence-electron chi connectivity index (χ0n) is 17.3. The second kappa shape index (κ2) is 8.81. The van der Waals surface area contributed by atoms with Crippen LogP contribution in [0.4, 0.5) is 8.78 Å². The number of sulfonamides is 1. The number of aryl methyl sites for hydroxylation is 2. The van der Waals surface area contributed by atoms with Crippen LogP contribution < -0.4 is 5.32 Å². The van der Waals surface area contributed by atoms with Gasteiger partial charge in [-0.3, -0.25) is 4.79 Å². The highest BCUT2D eigenvalue weighted by Crippen LogP contribution is 2.27. The summed E-state index contributed by atoms with van der Waals surface area (Å²) in [5.41, 5.74) is 1.77. The van der Waals surface area contributed by atoms with E-state index >= 15 is 0 Å². The fourth-order valence-corrected chi connectivity index (χ4v) is 5.52. The molecule has 0 saturated carbocycles. The van der Waals surface area contributed by atoms with Crippen molar-refractivity contribution in [3.63, 3.8) is 0 Å². The molecule has 1 aliphatic heterocycles. The Morgan fingerprint density at radius 3 is 2.40 bits per heavy atom. The second-order valence-corrected chi connectivity index (χ2v) is 9.75. The molecule has 1 heterocycles. The van der Waals surface area contributed by atoms with Crippen molar-refractivity contribution in [1.82, 2.24) is 9.62 Å². The molecule has 1 N–H and O–H groups in total. The van der Waals surface area contributed by atoms with Gasteiger partial charge in [-0.15, -0.1) is 0 Å². The molecular formula is C22H26F2N2O3S. The third-order valence-electron chi connectivity index (χ3n) is 5.56. The standard InChI is InChI=1S/C22H26F2N2O3S/c1-14-4-7-21(15(2)12-14)30(28,29)26-10-8-17(9-11-26)22(27)25-16(3)19-13-18(23)5-6-20(19)24/h4-7,12-13,16-17H,8-11H2,1-3H3,(H,25,27). The van der Waals surface area contributed by atoms with Gasteiger partial charge in [0.2, 0.25) is 15.9 Å². The van der Waals surface area contributed by atoms with Crippen LogP contribution in [0.3, 0.4) is 0 Å². The summed E-state index contributed by atoms with van der Waals surface area (Å²) in [5, 5.41) is 2.72. The van der Waals surface area contributed by atoms with Gasteiger partial charge in [0, 0.05) is 24.6 Å². The summed E-state index contributed by atoms with van der Waals surface area (Å²) in [6.07, 6.45) is 0.739. The molecule has 1 fully saturated rings. The van der Waals surface area contributed by atoms with E-state index in [0.29, 0.717) is 18.4 Å². The first-order chi connectivity index (χ1) is 14.1. The van der Waals surface area contributed by atoms with E-state index in [9.17, 15) is 22.0 Å². The van der Waals surface area contributed by atoms with Crippen LogP contribution in [0.5, 0.6) is 0 Å². The zero-order valence-corrected chi connectivity index (χ0v) is 18.1. The summed E-state index contributed by atoms with van der Waals surface area (Å²) >= 11 is 0. The van der Waals surface area contributed by atoms with E-state index < -0.39 is 27.7 Å². The molecule has 2 aromatic carbocycles. The number of piperidine rings is 1. The van der Waals surface area contributed by atoms with Crippen LogP contribution in [0.15, 0.2) is 41.3 Å². The number of benzene rings is 2. The first kappa shape index (κ1) is 22.4. The van der Waals surface area contributed by atoms with Crippen LogP contribution in [0.2, 0.25) is 0 Å². The summed E-state index contributed by atoms with van der Waals surface area (Å²) in [5.74, 6) is -1.82. The van der Waals surface area contributed by atoms with Crippen molar-refractivity contribution in [2.24, 2.45) is 5.92 Å². The normalized spacial score (nSPS) is 17.0. The Balaban J connectivity index is 1.63. The Morgan fingerprint density at radius 2 is 1.77 bits per heavy atom. The van der Waals surface area contributed by atoms with Crippen LogP contribution in [0.1, 0.15) is 42.5 Å². The second-order valence-electron chi connectivity index (χ2n) is 7.84. The van der Waals surface area contributed by atoms with Gasteiger partial charge in [0.15, 0.2) is 0 Å². The number of rotatable bonds is 5. The minimum absolute atomic E-state index is 0.0817. The molecule has 0 aliphatic carbocycles. The Kier molecular flexibility index (Phi) is 6.57. The number of nitrogens with one attached hydrogen (secondary N) is 1. The zero-order chi connectivity index (χ0) is 22.1. The number of nitrogens with zero attached hydrogens (tertiary/aromatic N) is 1. The van der Waals surface area contributed by atoms with Gasteiger partial charge in [0.25, 0.3) is 0 Å². The first-order valence-corrected chi connectivity index (χ1v) is 11.4. The molecule has 0 spiro atoms. The summed E-state index contributed by atoms with van der Waals surface area (Å²) in [7, 11) is -3.62. The third kappa shape index (κ3) is 4.70. The molecule has 1 aliphatic rings. The van der Waals surface area contributed by atoms with E-state index in [4.69, 9.17) is 0 Å². The lowest BCUT2D eigenvalue weighted by Gasteiger charge is -2.31. The number of hydrogen-bond donors (Lipinski definition) is 1. The molecule has 0 radical (unpaired) electrons. The first-order valence-electron chi connectivity index (χ1n) is 9.92. The summed E-state index contributed by atoms with van der Waals surface area (Å²) < 4.78 is 54.7. The lowest BCUT2D eigenvalue weighted by Crippen LogP contribution is -2.43. The Morgan fingerprint density at radius 1 is 1.10 bits per heavy atom. The van der Waals surface area contributed by atoms with Crippen LogP contribution in [-0.2, 0) is 14.8 Å². The maximum absolute atomic E-state index is 13.9. The van der Waals surface area contributed by atoms with E-state index in [1.54, 1.807) is 26.0 Å². The van der Waals surface area contributed by atoms with Gasteiger partial charge < -0.3 is 5.32 Å². The maximum Gasteiger partial charge on any atom is 0.243 e. The molecular weight excluding hydrogens is 410 g/mol. The Labute approximate surface area is 176 Å². The molecule has 2 aromatic rings.